The van der Waals surface area contributed by atoms with Gasteiger partial charge in [0.2, 0.25) is 0 Å². The Kier molecular flexibility index (Phi) is 8.15. The van der Waals surface area contributed by atoms with Gasteiger partial charge in [0, 0.05) is 5.39 Å². The molecule has 0 unspecified atom stereocenters. The first kappa shape index (κ1) is 25.2. The van der Waals surface area contributed by atoms with Crippen LogP contribution in [0, 0.1) is 0 Å². The monoisotopic (exact) mass is 431 g/mol. The van der Waals surface area contributed by atoms with Crippen molar-refractivity contribution in [3.63, 3.8) is 0 Å². The molecule has 0 aliphatic rings. The molecule has 5 N–H and O–H groups in total. The van der Waals surface area contributed by atoms with E-state index >= 15 is 0 Å². The molecule has 0 radical (unpaired) electrons. The molecule has 25 heavy (non-hydrogen) atoms. The third-order valence-electron chi connectivity index (χ3n) is 2.87. The molecule has 0 saturated carbocycles. The van der Waals surface area contributed by atoms with Crippen molar-refractivity contribution in [2.24, 2.45) is 0 Å². The van der Waals surface area contributed by atoms with Gasteiger partial charge in [-0.3, -0.25) is 13.7 Å². The predicted molar refractivity (Wildman–Crippen MR) is 80.0 cm³/mol. The minimum Gasteiger partial charge on any atom is -1.00 e. The van der Waals surface area contributed by atoms with Gasteiger partial charge in [0.25, 0.3) is 30.4 Å². The van der Waals surface area contributed by atoms with Crippen LogP contribution in [-0.4, -0.2) is 38.9 Å². The Balaban J connectivity index is -0.00000144. The number of hydrogen-bond acceptors (Lipinski definition) is 7. The van der Waals surface area contributed by atoms with Crippen molar-refractivity contribution in [1.29, 1.82) is 0 Å². The smallest absolute Gasteiger partial charge is 1.00 e. The number of anilines is 1. The van der Waals surface area contributed by atoms with Crippen LogP contribution in [0.3, 0.4) is 0 Å². The third kappa shape index (κ3) is 5.60. The summed E-state index contributed by atoms with van der Waals surface area (Å²) in [6, 6.07) is 2.78. The summed E-state index contributed by atoms with van der Waals surface area (Å²) in [6.07, 6.45) is 0. The molecular weight excluding hydrogens is 420 g/mol. The van der Waals surface area contributed by atoms with Crippen LogP contribution in [0.5, 0.6) is 0 Å². The number of fused-ring (bicyclic) bond motifs is 1. The Morgan fingerprint density at radius 1 is 0.720 bits per heavy atom. The van der Waals surface area contributed by atoms with Crippen molar-refractivity contribution >= 4 is 46.8 Å². The normalized spacial score (nSPS) is 12.3. The van der Waals surface area contributed by atoms with Crippen molar-refractivity contribution < 1.29 is 101 Å². The Morgan fingerprint density at radius 3 is 1.60 bits per heavy atom. The van der Waals surface area contributed by atoms with E-state index in [1.54, 1.807) is 0 Å². The SMILES string of the molecule is Nc1cc2c(S(=O)(=O)O)cc(S(=O)(=O)O)cc2cc1S(=O)(=O)O.[H-].[H-].[Na+].[Na+]. The van der Waals surface area contributed by atoms with Crippen LogP contribution in [0.25, 0.3) is 10.8 Å². The van der Waals surface area contributed by atoms with Gasteiger partial charge in [-0.25, -0.2) is 0 Å². The van der Waals surface area contributed by atoms with Crippen LogP contribution in [-0.2, 0) is 30.4 Å². The molecule has 2 aromatic rings. The first-order valence-corrected chi connectivity index (χ1v) is 9.83. The van der Waals surface area contributed by atoms with Gasteiger partial charge in [-0.05, 0) is 29.7 Å². The van der Waals surface area contributed by atoms with E-state index in [9.17, 15) is 29.8 Å². The van der Waals surface area contributed by atoms with E-state index in [0.717, 1.165) is 12.1 Å². The second kappa shape index (κ2) is 8.08. The summed E-state index contributed by atoms with van der Waals surface area (Å²) in [5.74, 6) is 0. The van der Waals surface area contributed by atoms with E-state index in [1.807, 2.05) is 0 Å². The van der Waals surface area contributed by atoms with Crippen molar-refractivity contribution in [3.8, 4) is 0 Å². The molecule has 0 aliphatic carbocycles. The van der Waals surface area contributed by atoms with Gasteiger partial charge in [0.15, 0.2) is 0 Å². The van der Waals surface area contributed by atoms with Gasteiger partial charge in [-0.1, -0.05) is 0 Å². The van der Waals surface area contributed by atoms with Gasteiger partial charge >= 0.3 is 59.1 Å². The second-order valence-corrected chi connectivity index (χ2v) is 8.66. The third-order valence-corrected chi connectivity index (χ3v) is 5.51. The van der Waals surface area contributed by atoms with Gasteiger partial charge in [0.05, 0.1) is 10.6 Å². The molecule has 130 valence electrons. The molecule has 0 saturated heterocycles. The fourth-order valence-corrected chi connectivity index (χ4v) is 3.91. The largest absolute Gasteiger partial charge is 1.00 e. The molecular formula is C10H11NNa2O9S3. The minimum absolute atomic E-state index is 0. The average molecular weight is 431 g/mol. The molecule has 0 aromatic heterocycles. The van der Waals surface area contributed by atoms with E-state index in [4.69, 9.17) is 14.8 Å². The second-order valence-electron chi connectivity index (χ2n) is 4.46. The minimum atomic E-state index is -4.92. The van der Waals surface area contributed by atoms with Crippen molar-refractivity contribution in [1.82, 2.24) is 0 Å². The zero-order valence-electron chi connectivity index (χ0n) is 14.9. The summed E-state index contributed by atoms with van der Waals surface area (Å²) in [5, 5.41) is -0.612. The number of rotatable bonds is 3. The molecule has 0 fully saturated rings. The molecule has 0 bridgehead atoms. The van der Waals surface area contributed by atoms with Gasteiger partial charge in [-0.15, -0.1) is 0 Å². The quantitative estimate of drug-likeness (QED) is 0.207. The Labute approximate surface area is 190 Å². The maximum atomic E-state index is 11.4. The number of hydrogen-bond donors (Lipinski definition) is 4. The molecule has 0 amide bonds. The summed E-state index contributed by atoms with van der Waals surface area (Å²) in [4.78, 5) is -2.60. The molecule has 0 spiro atoms. The van der Waals surface area contributed by atoms with Crippen LogP contribution >= 0.6 is 0 Å². The fraction of sp³-hybridized carbons (Fsp3) is 0. The number of nitrogens with two attached hydrogens (primary N) is 1. The first-order chi connectivity index (χ1) is 10.2. The topological polar surface area (TPSA) is 189 Å². The zero-order valence-corrected chi connectivity index (χ0v) is 19.4. The van der Waals surface area contributed by atoms with E-state index in [2.05, 4.69) is 0 Å². The molecule has 0 atom stereocenters. The van der Waals surface area contributed by atoms with Crippen LogP contribution in [0.15, 0.2) is 39.0 Å². The summed E-state index contributed by atoms with van der Waals surface area (Å²) in [6.45, 7) is 0. The number of benzene rings is 2. The average Bonchev–Trinajstić information content (AvgIpc) is 2.32. The zero-order chi connectivity index (χ0) is 17.8. The Bertz CT molecular complexity index is 1150. The van der Waals surface area contributed by atoms with Crippen LogP contribution in [0.2, 0.25) is 0 Å². The number of nitrogen functional groups attached to an aromatic ring is 1. The summed E-state index contributed by atoms with van der Waals surface area (Å²) < 4.78 is 94.8. The Morgan fingerprint density at radius 2 is 1.20 bits per heavy atom. The molecule has 2 rings (SSSR count). The van der Waals surface area contributed by atoms with Crippen LogP contribution in [0.4, 0.5) is 5.69 Å². The van der Waals surface area contributed by atoms with Crippen molar-refractivity contribution in [2.45, 2.75) is 14.7 Å². The summed E-state index contributed by atoms with van der Waals surface area (Å²) in [5.41, 5.74) is 4.90. The Hall–Kier alpha value is 0.230. The van der Waals surface area contributed by atoms with E-state index in [0.29, 0.717) is 12.1 Å². The molecule has 10 nitrogen and oxygen atoms in total. The maximum absolute atomic E-state index is 11.4. The molecule has 0 heterocycles. The standard InChI is InChI=1S/C10H9NO9S3.2Na.2H/c11-8-4-7-5(2-10(8)23(18,19)20)1-6(21(12,13)14)3-9(7)22(15,16)17;;;;/h1-4H,11H2,(H,12,13,14)(H,15,16,17)(H,18,19,20);;;;/q;2*+1;2*-1. The van der Waals surface area contributed by atoms with Crippen LogP contribution < -0.4 is 64.8 Å². The van der Waals surface area contributed by atoms with E-state index in [1.165, 1.54) is 0 Å². The van der Waals surface area contributed by atoms with Gasteiger partial charge in [-0.2, -0.15) is 25.3 Å². The van der Waals surface area contributed by atoms with Gasteiger partial charge < -0.3 is 8.59 Å². The van der Waals surface area contributed by atoms with Gasteiger partial charge in [0.1, 0.15) is 9.79 Å². The van der Waals surface area contributed by atoms with Crippen molar-refractivity contribution in [3.05, 3.63) is 24.3 Å². The summed E-state index contributed by atoms with van der Waals surface area (Å²) >= 11 is 0. The molecule has 2 aromatic carbocycles. The molecule has 15 heteroatoms. The predicted octanol–water partition coefficient (Wildman–Crippen LogP) is -5.60. The van der Waals surface area contributed by atoms with E-state index < -0.39 is 50.7 Å². The van der Waals surface area contributed by atoms with Crippen molar-refractivity contribution in [2.75, 3.05) is 5.73 Å². The first-order valence-electron chi connectivity index (χ1n) is 5.51. The summed E-state index contributed by atoms with van der Waals surface area (Å²) in [7, 11) is -14.5. The van der Waals surface area contributed by atoms with E-state index in [-0.39, 0.29) is 72.7 Å². The maximum Gasteiger partial charge on any atom is 1.00 e. The molecule has 0 aliphatic heterocycles. The fourth-order valence-electron chi connectivity index (χ4n) is 1.93. The van der Waals surface area contributed by atoms with Crippen LogP contribution in [0.1, 0.15) is 2.85 Å².